The van der Waals surface area contributed by atoms with Crippen molar-refractivity contribution in [1.29, 1.82) is 0 Å². The van der Waals surface area contributed by atoms with E-state index in [1.54, 1.807) is 31.2 Å². The van der Waals surface area contributed by atoms with Crippen LogP contribution in [-0.2, 0) is 11.8 Å². The minimum Gasteiger partial charge on any atom is -0.497 e. The lowest BCUT2D eigenvalue weighted by Gasteiger charge is -2.39. The molecule has 1 aliphatic rings. The second kappa shape index (κ2) is 8.13. The number of para-hydroxylation sites is 1. The van der Waals surface area contributed by atoms with Crippen LogP contribution < -0.4 is 10.1 Å². The lowest BCUT2D eigenvalue weighted by molar-refractivity contribution is -0.119. The minimum atomic E-state index is -0.582. The van der Waals surface area contributed by atoms with Crippen molar-refractivity contribution < 1.29 is 14.3 Å². The number of benzene rings is 3. The maximum atomic E-state index is 13.8. The molecule has 1 aliphatic heterocycles. The number of hydrogen-bond acceptors (Lipinski definition) is 3. The maximum absolute atomic E-state index is 13.8. The quantitative estimate of drug-likeness (QED) is 0.500. The van der Waals surface area contributed by atoms with Crippen molar-refractivity contribution in [3.8, 4) is 5.75 Å². The van der Waals surface area contributed by atoms with Gasteiger partial charge in [0.05, 0.1) is 19.1 Å². The fourth-order valence-electron chi connectivity index (χ4n) is 4.88. The van der Waals surface area contributed by atoms with Crippen molar-refractivity contribution in [1.82, 2.24) is 9.47 Å². The molecule has 5 rings (SSSR count). The summed E-state index contributed by atoms with van der Waals surface area (Å²) in [6.07, 6.45) is 2.03. The molecule has 166 valence electrons. The first kappa shape index (κ1) is 20.8. The van der Waals surface area contributed by atoms with E-state index in [0.717, 1.165) is 22.0 Å². The van der Waals surface area contributed by atoms with E-state index in [1.807, 2.05) is 78.5 Å². The molecule has 2 heterocycles. The molecule has 0 radical (unpaired) electrons. The van der Waals surface area contributed by atoms with Gasteiger partial charge in [0.2, 0.25) is 5.91 Å². The van der Waals surface area contributed by atoms with Crippen molar-refractivity contribution in [2.24, 2.45) is 7.05 Å². The van der Waals surface area contributed by atoms with Gasteiger partial charge in [-0.2, -0.15) is 0 Å². The lowest BCUT2D eigenvalue weighted by Crippen LogP contribution is -2.44. The van der Waals surface area contributed by atoms with E-state index in [9.17, 15) is 9.59 Å². The number of fused-ring (bicyclic) bond motifs is 2. The zero-order chi connectivity index (χ0) is 23.1. The molecule has 0 saturated heterocycles. The van der Waals surface area contributed by atoms with Gasteiger partial charge in [0, 0.05) is 54.1 Å². The standard InChI is InChI=1S/C27H25N3O3/c1-29-16-22(19-11-6-7-14-23(19)29)25-24(20-12-4-5-13-21(20)27(32)30(25)2)26(31)28-17-9-8-10-18(15-17)33-3/h4-16,24-25H,1-3H3,(H,28,31)/t24-,25-/m1/s1. The Morgan fingerprint density at radius 2 is 1.70 bits per heavy atom. The molecule has 6 nitrogen and oxygen atoms in total. The van der Waals surface area contributed by atoms with Gasteiger partial charge >= 0.3 is 0 Å². The van der Waals surface area contributed by atoms with Crippen LogP contribution in [0.1, 0.15) is 33.4 Å². The Bertz CT molecular complexity index is 1370. The van der Waals surface area contributed by atoms with Crippen LogP contribution in [0.15, 0.2) is 79.0 Å². The van der Waals surface area contributed by atoms with Gasteiger partial charge in [-0.1, -0.05) is 42.5 Å². The second-order valence-electron chi connectivity index (χ2n) is 8.36. The Hall–Kier alpha value is -4.06. The molecule has 0 saturated carbocycles. The molecule has 2 amide bonds. The fraction of sp³-hybridized carbons (Fsp3) is 0.185. The Kier molecular flexibility index (Phi) is 5.13. The molecule has 33 heavy (non-hydrogen) atoms. The number of methoxy groups -OCH3 is 1. The average molecular weight is 440 g/mol. The topological polar surface area (TPSA) is 63.6 Å². The third kappa shape index (κ3) is 3.44. The van der Waals surface area contributed by atoms with Gasteiger partial charge in [0.15, 0.2) is 0 Å². The molecule has 6 heteroatoms. The number of nitrogens with one attached hydrogen (secondary N) is 1. The molecule has 0 aliphatic carbocycles. The molecular weight excluding hydrogens is 414 g/mol. The summed E-state index contributed by atoms with van der Waals surface area (Å²) in [7, 11) is 5.35. The predicted octanol–water partition coefficient (Wildman–Crippen LogP) is 4.74. The van der Waals surface area contributed by atoms with Gasteiger partial charge in [0.1, 0.15) is 5.75 Å². The van der Waals surface area contributed by atoms with Gasteiger partial charge in [-0.25, -0.2) is 0 Å². The molecule has 4 aromatic rings. The number of ether oxygens (including phenoxy) is 1. The van der Waals surface area contributed by atoms with Gasteiger partial charge in [-0.3, -0.25) is 9.59 Å². The summed E-state index contributed by atoms with van der Waals surface area (Å²) in [5.74, 6) is -0.183. The highest BCUT2D eigenvalue weighted by molar-refractivity contribution is 6.05. The average Bonchev–Trinajstić information content (AvgIpc) is 3.17. The summed E-state index contributed by atoms with van der Waals surface area (Å²) in [5, 5.41) is 4.08. The molecule has 1 aromatic heterocycles. The Balaban J connectivity index is 1.66. The number of nitrogens with zero attached hydrogens (tertiary/aromatic N) is 2. The monoisotopic (exact) mass is 439 g/mol. The first-order chi connectivity index (χ1) is 16.0. The van der Waals surface area contributed by atoms with Crippen LogP contribution in [0.3, 0.4) is 0 Å². The lowest BCUT2D eigenvalue weighted by atomic mass is 9.79. The SMILES string of the molecule is COc1cccc(NC(=O)[C@@H]2c3ccccc3C(=O)N(C)[C@@H]2c2cn(C)c3ccccc23)c1. The normalized spacial score (nSPS) is 17.7. The van der Waals surface area contributed by atoms with Crippen LogP contribution >= 0.6 is 0 Å². The highest BCUT2D eigenvalue weighted by Crippen LogP contribution is 2.44. The van der Waals surface area contributed by atoms with Crippen LogP contribution in [0.25, 0.3) is 10.9 Å². The first-order valence-corrected chi connectivity index (χ1v) is 10.8. The molecule has 3 aromatic carbocycles. The van der Waals surface area contributed by atoms with Crippen molar-refractivity contribution in [2.45, 2.75) is 12.0 Å². The summed E-state index contributed by atoms with van der Waals surface area (Å²) in [4.78, 5) is 28.8. The Labute approximate surface area is 192 Å². The number of anilines is 1. The summed E-state index contributed by atoms with van der Waals surface area (Å²) >= 11 is 0. The van der Waals surface area contributed by atoms with Crippen molar-refractivity contribution in [3.05, 3.63) is 95.7 Å². The summed E-state index contributed by atoms with van der Waals surface area (Å²) in [6.45, 7) is 0. The first-order valence-electron chi connectivity index (χ1n) is 10.8. The molecule has 0 fully saturated rings. The number of rotatable bonds is 4. The molecule has 2 atom stereocenters. The van der Waals surface area contributed by atoms with Crippen LogP contribution in [0.2, 0.25) is 0 Å². The largest absolute Gasteiger partial charge is 0.497 e. The molecular formula is C27H25N3O3. The van der Waals surface area contributed by atoms with E-state index in [2.05, 4.69) is 5.32 Å². The van der Waals surface area contributed by atoms with Crippen LogP contribution in [-0.4, -0.2) is 35.4 Å². The zero-order valence-corrected chi connectivity index (χ0v) is 18.8. The Morgan fingerprint density at radius 3 is 2.52 bits per heavy atom. The highest BCUT2D eigenvalue weighted by atomic mass is 16.5. The maximum Gasteiger partial charge on any atom is 0.254 e. The number of amides is 2. The smallest absolute Gasteiger partial charge is 0.254 e. The summed E-state index contributed by atoms with van der Waals surface area (Å²) < 4.78 is 7.35. The van der Waals surface area contributed by atoms with Crippen LogP contribution in [0, 0.1) is 0 Å². The predicted molar refractivity (Wildman–Crippen MR) is 129 cm³/mol. The van der Waals surface area contributed by atoms with Crippen molar-refractivity contribution >= 4 is 28.4 Å². The van der Waals surface area contributed by atoms with E-state index in [1.165, 1.54) is 0 Å². The zero-order valence-electron chi connectivity index (χ0n) is 18.8. The van der Waals surface area contributed by atoms with Gasteiger partial charge in [-0.05, 0) is 29.8 Å². The van der Waals surface area contributed by atoms with Crippen molar-refractivity contribution in [3.63, 3.8) is 0 Å². The third-order valence-corrected chi connectivity index (χ3v) is 6.45. The summed E-state index contributed by atoms with van der Waals surface area (Å²) in [5.41, 5.74) is 3.94. The van der Waals surface area contributed by atoms with Gasteiger partial charge in [0.25, 0.3) is 5.91 Å². The molecule has 0 spiro atoms. The van der Waals surface area contributed by atoms with E-state index in [0.29, 0.717) is 17.0 Å². The van der Waals surface area contributed by atoms with E-state index in [-0.39, 0.29) is 11.8 Å². The number of likely N-dealkylation sites (N-methyl/N-ethyl adjacent to an activating group) is 1. The molecule has 1 N–H and O–H groups in total. The van der Waals surface area contributed by atoms with Gasteiger partial charge < -0.3 is 19.5 Å². The third-order valence-electron chi connectivity index (χ3n) is 6.45. The summed E-state index contributed by atoms with van der Waals surface area (Å²) in [6, 6.07) is 22.3. The Morgan fingerprint density at radius 1 is 0.939 bits per heavy atom. The number of carbonyl (C=O) groups excluding carboxylic acids is 2. The number of aromatic nitrogens is 1. The number of hydrogen-bond donors (Lipinski definition) is 1. The number of carbonyl (C=O) groups is 2. The fourth-order valence-corrected chi connectivity index (χ4v) is 4.88. The van der Waals surface area contributed by atoms with E-state index < -0.39 is 12.0 Å². The number of aryl methyl sites for hydroxylation is 1. The van der Waals surface area contributed by atoms with Crippen molar-refractivity contribution in [2.75, 3.05) is 19.5 Å². The second-order valence-corrected chi connectivity index (χ2v) is 8.36. The van der Waals surface area contributed by atoms with Crippen LogP contribution in [0.4, 0.5) is 5.69 Å². The minimum absolute atomic E-state index is 0.0889. The van der Waals surface area contributed by atoms with E-state index in [4.69, 9.17) is 4.74 Å². The molecule has 0 bridgehead atoms. The van der Waals surface area contributed by atoms with E-state index >= 15 is 0 Å². The highest BCUT2D eigenvalue weighted by Gasteiger charge is 2.43. The molecule has 0 unspecified atom stereocenters. The van der Waals surface area contributed by atoms with Gasteiger partial charge in [-0.15, -0.1) is 0 Å². The van der Waals surface area contributed by atoms with Crippen LogP contribution in [0.5, 0.6) is 5.75 Å².